The van der Waals surface area contributed by atoms with Gasteiger partial charge in [-0.3, -0.25) is 0 Å². The molecule has 3 aromatic carbocycles. The van der Waals surface area contributed by atoms with Crippen LogP contribution < -0.4 is 4.57 Å². The minimum atomic E-state index is 0.0810. The number of aromatic nitrogens is 2. The van der Waals surface area contributed by atoms with Crippen molar-refractivity contribution in [3.63, 3.8) is 0 Å². The van der Waals surface area contributed by atoms with Crippen molar-refractivity contribution in [1.29, 1.82) is 0 Å². The Morgan fingerprint density at radius 2 is 1.57 bits per heavy atom. The third-order valence-electron chi connectivity index (χ3n) is 8.85. The molecule has 3 nitrogen and oxygen atoms in total. The van der Waals surface area contributed by atoms with Gasteiger partial charge in [-0.2, -0.15) is 0 Å². The van der Waals surface area contributed by atoms with E-state index in [2.05, 4.69) is 113 Å². The van der Waals surface area contributed by atoms with Crippen LogP contribution in [0.3, 0.4) is 0 Å². The fourth-order valence-corrected chi connectivity index (χ4v) is 6.58. The molecular weight excluding hydrogens is 452 g/mol. The van der Waals surface area contributed by atoms with Crippen molar-refractivity contribution in [2.24, 2.45) is 7.05 Å². The highest BCUT2D eigenvalue weighted by molar-refractivity contribution is 6.12. The number of benzene rings is 3. The number of hydrogen-bond donors (Lipinski definition) is 0. The van der Waals surface area contributed by atoms with Gasteiger partial charge in [-0.25, -0.2) is 9.55 Å². The lowest BCUT2D eigenvalue weighted by atomic mass is 9.62. The van der Waals surface area contributed by atoms with E-state index in [0.717, 1.165) is 45.3 Å². The lowest BCUT2D eigenvalue weighted by Crippen LogP contribution is -2.34. The molecule has 0 spiro atoms. The first-order valence-electron chi connectivity index (χ1n) is 13.3. The van der Waals surface area contributed by atoms with E-state index in [1.165, 1.54) is 39.3 Å². The van der Waals surface area contributed by atoms with Crippen LogP contribution in [0, 0.1) is 6.92 Å². The van der Waals surface area contributed by atoms with Crippen molar-refractivity contribution < 1.29 is 8.98 Å². The Kier molecular flexibility index (Phi) is 4.50. The molecule has 0 fully saturated rings. The zero-order chi connectivity index (χ0) is 25.7. The van der Waals surface area contributed by atoms with Gasteiger partial charge in [-0.1, -0.05) is 70.2 Å². The molecule has 0 radical (unpaired) electrons. The molecule has 0 saturated carbocycles. The number of hydrogen-bond acceptors (Lipinski definition) is 2. The standard InChI is InChI=1S/C34H33N2O/c1-20-11-13-24-25-17-22-12-14-26-29(34(4,5)16-15-33(26,2)3)30(22)35-32(25)37-31(24)28(20)27-18-21-9-7-8-10-23(21)19-36(27)6/h7-14,17-19H,15-16H2,1-6H3/q+1. The van der Waals surface area contributed by atoms with Crippen LogP contribution in [0.25, 0.3) is 55.0 Å². The SMILES string of the molecule is Cc1ccc2c(oc3nc4c5c(ccc4cc32)C(C)(C)CCC5(C)C)c1-c1cc2ccccc2c[n+]1C. The molecule has 184 valence electrons. The summed E-state index contributed by atoms with van der Waals surface area (Å²) < 4.78 is 8.89. The van der Waals surface area contributed by atoms with Crippen molar-refractivity contribution in [1.82, 2.24) is 4.98 Å². The average molecular weight is 486 g/mol. The van der Waals surface area contributed by atoms with Crippen LogP contribution >= 0.6 is 0 Å². The molecule has 0 saturated heterocycles. The second-order valence-electron chi connectivity index (χ2n) is 12.3. The first kappa shape index (κ1) is 22.5. The zero-order valence-electron chi connectivity index (χ0n) is 22.6. The number of aryl methyl sites for hydroxylation is 2. The Hall–Kier alpha value is -3.72. The molecule has 3 aromatic heterocycles. The van der Waals surface area contributed by atoms with Gasteiger partial charge in [0.2, 0.25) is 11.4 Å². The molecule has 0 atom stereocenters. The molecule has 7 rings (SSSR count). The summed E-state index contributed by atoms with van der Waals surface area (Å²) in [5.41, 5.74) is 9.26. The van der Waals surface area contributed by atoms with Gasteiger partial charge in [0.15, 0.2) is 11.8 Å². The van der Waals surface area contributed by atoms with Gasteiger partial charge >= 0.3 is 0 Å². The predicted octanol–water partition coefficient (Wildman–Crippen LogP) is 8.44. The molecular formula is C34H33N2O+. The Bertz CT molecular complexity index is 1910. The topological polar surface area (TPSA) is 29.9 Å². The third-order valence-corrected chi connectivity index (χ3v) is 8.85. The van der Waals surface area contributed by atoms with Crippen molar-refractivity contribution >= 4 is 43.7 Å². The summed E-state index contributed by atoms with van der Waals surface area (Å²) in [5.74, 6) is 0. The zero-order valence-corrected chi connectivity index (χ0v) is 22.6. The van der Waals surface area contributed by atoms with Crippen LogP contribution in [-0.4, -0.2) is 4.98 Å². The van der Waals surface area contributed by atoms with Gasteiger partial charge in [0.25, 0.3) is 0 Å². The number of nitrogens with zero attached hydrogens (tertiary/aromatic N) is 2. The van der Waals surface area contributed by atoms with Crippen LogP contribution in [0.5, 0.6) is 0 Å². The lowest BCUT2D eigenvalue weighted by Gasteiger charge is -2.42. The fraction of sp³-hybridized carbons (Fsp3) is 0.294. The van der Waals surface area contributed by atoms with Crippen LogP contribution in [-0.2, 0) is 17.9 Å². The summed E-state index contributed by atoms with van der Waals surface area (Å²) in [6, 6.07) is 22.1. The molecule has 0 N–H and O–H groups in total. The van der Waals surface area contributed by atoms with Gasteiger partial charge < -0.3 is 4.42 Å². The number of fused-ring (bicyclic) bond motifs is 7. The first-order chi connectivity index (χ1) is 17.6. The monoisotopic (exact) mass is 485 g/mol. The molecule has 0 unspecified atom stereocenters. The Labute approximate surface area is 217 Å². The molecule has 0 amide bonds. The Balaban J connectivity index is 1.55. The van der Waals surface area contributed by atoms with E-state index in [4.69, 9.17) is 9.40 Å². The molecule has 0 aliphatic heterocycles. The van der Waals surface area contributed by atoms with Crippen LogP contribution in [0.15, 0.2) is 71.3 Å². The molecule has 1 aliphatic rings. The average Bonchev–Trinajstić information content (AvgIpc) is 3.22. The molecule has 3 heterocycles. The summed E-state index contributed by atoms with van der Waals surface area (Å²) in [6.45, 7) is 11.6. The smallest absolute Gasteiger partial charge is 0.227 e. The largest absolute Gasteiger partial charge is 0.437 e. The van der Waals surface area contributed by atoms with Gasteiger partial charge in [0, 0.05) is 27.6 Å². The van der Waals surface area contributed by atoms with Crippen molar-refractivity contribution in [2.75, 3.05) is 0 Å². The molecule has 3 heteroatoms. The second-order valence-corrected chi connectivity index (χ2v) is 12.3. The van der Waals surface area contributed by atoms with Gasteiger partial charge in [0.05, 0.1) is 11.1 Å². The molecule has 1 aliphatic carbocycles. The minimum Gasteiger partial charge on any atom is -0.437 e. The number of pyridine rings is 2. The van der Waals surface area contributed by atoms with Crippen molar-refractivity contribution in [3.05, 3.63) is 83.6 Å². The van der Waals surface area contributed by atoms with E-state index < -0.39 is 0 Å². The maximum Gasteiger partial charge on any atom is 0.227 e. The maximum atomic E-state index is 6.68. The first-order valence-corrected chi connectivity index (χ1v) is 13.3. The minimum absolute atomic E-state index is 0.0810. The van der Waals surface area contributed by atoms with Crippen molar-refractivity contribution in [3.8, 4) is 11.3 Å². The van der Waals surface area contributed by atoms with Gasteiger partial charge in [0.1, 0.15) is 7.05 Å². The molecule has 0 bridgehead atoms. The van der Waals surface area contributed by atoms with E-state index in [-0.39, 0.29) is 10.8 Å². The van der Waals surface area contributed by atoms with Crippen LogP contribution in [0.2, 0.25) is 0 Å². The summed E-state index contributed by atoms with van der Waals surface area (Å²) in [4.78, 5) is 5.25. The third kappa shape index (κ3) is 3.19. The quantitative estimate of drug-likeness (QED) is 0.219. The Morgan fingerprint density at radius 3 is 2.38 bits per heavy atom. The maximum absolute atomic E-state index is 6.68. The summed E-state index contributed by atoms with van der Waals surface area (Å²) >= 11 is 0. The van der Waals surface area contributed by atoms with Crippen LogP contribution in [0.1, 0.15) is 57.2 Å². The van der Waals surface area contributed by atoms with E-state index >= 15 is 0 Å². The van der Waals surface area contributed by atoms with Crippen LogP contribution in [0.4, 0.5) is 0 Å². The van der Waals surface area contributed by atoms with E-state index in [1.54, 1.807) is 0 Å². The number of furan rings is 1. The van der Waals surface area contributed by atoms with Gasteiger partial charge in [-0.15, -0.1) is 0 Å². The molecule has 37 heavy (non-hydrogen) atoms. The summed E-state index contributed by atoms with van der Waals surface area (Å²) in [7, 11) is 2.12. The highest BCUT2D eigenvalue weighted by Crippen LogP contribution is 2.49. The summed E-state index contributed by atoms with van der Waals surface area (Å²) in [5, 5.41) is 5.85. The second kappa shape index (κ2) is 7.41. The van der Waals surface area contributed by atoms with E-state index in [9.17, 15) is 0 Å². The van der Waals surface area contributed by atoms with Crippen molar-refractivity contribution in [2.45, 2.75) is 58.3 Å². The summed E-state index contributed by atoms with van der Waals surface area (Å²) in [6.07, 6.45) is 4.55. The number of rotatable bonds is 1. The van der Waals surface area contributed by atoms with E-state index in [0.29, 0.717) is 0 Å². The highest BCUT2D eigenvalue weighted by Gasteiger charge is 2.38. The normalized spacial score (nSPS) is 16.6. The fourth-order valence-electron chi connectivity index (χ4n) is 6.58. The predicted molar refractivity (Wildman–Crippen MR) is 153 cm³/mol. The Morgan fingerprint density at radius 1 is 0.811 bits per heavy atom. The van der Waals surface area contributed by atoms with E-state index in [1.807, 2.05) is 0 Å². The van der Waals surface area contributed by atoms with Gasteiger partial charge in [-0.05, 0) is 64.8 Å². The highest BCUT2D eigenvalue weighted by atomic mass is 16.3. The molecule has 6 aromatic rings. The lowest BCUT2D eigenvalue weighted by molar-refractivity contribution is -0.659.